The maximum absolute atomic E-state index is 12.7. The third-order valence-corrected chi connectivity index (χ3v) is 2.21. The van der Waals surface area contributed by atoms with Gasteiger partial charge >= 0.3 is 0 Å². The zero-order chi connectivity index (χ0) is 8.43. The highest BCUT2D eigenvalue weighted by Crippen LogP contribution is 2.23. The molecule has 66 valence electrons. The van der Waals surface area contributed by atoms with Crippen molar-refractivity contribution in [2.75, 3.05) is 6.54 Å². The van der Waals surface area contributed by atoms with E-state index in [2.05, 4.69) is 0 Å². The topological polar surface area (TPSA) is 43.7 Å². The van der Waals surface area contributed by atoms with Crippen LogP contribution in [0.2, 0.25) is 0 Å². The predicted octanol–water partition coefficient (Wildman–Crippen LogP) is 0.764. The summed E-state index contributed by atoms with van der Waals surface area (Å²) in [5.41, 5.74) is 0. The van der Waals surface area contributed by atoms with Crippen molar-refractivity contribution in [3.05, 3.63) is 0 Å². The molecule has 0 bridgehead atoms. The molecule has 1 fully saturated rings. The first-order valence-corrected chi connectivity index (χ1v) is 3.89. The van der Waals surface area contributed by atoms with Crippen molar-refractivity contribution in [2.45, 2.75) is 32.2 Å². The van der Waals surface area contributed by atoms with Crippen LogP contribution in [-0.4, -0.2) is 34.3 Å². The van der Waals surface area contributed by atoms with Crippen LogP contribution in [0.15, 0.2) is 0 Å². The van der Waals surface area contributed by atoms with Gasteiger partial charge < -0.3 is 10.3 Å². The summed E-state index contributed by atoms with van der Waals surface area (Å²) in [5.74, 6) is -0.136. The molecule has 1 aliphatic rings. The molecule has 0 saturated carbocycles. The number of aliphatic hydroxyl groups excluding tert-OH is 1. The minimum absolute atomic E-state index is 0.136. The molecule has 4 heteroatoms. The average molecular weight is 163 g/mol. The molecule has 0 spiro atoms. The highest BCUT2D eigenvalue weighted by molar-refractivity contribution is 4.74. The second-order valence-corrected chi connectivity index (χ2v) is 3.12. The molecule has 2 N–H and O–H groups in total. The molecule has 2 unspecified atom stereocenters. The van der Waals surface area contributed by atoms with E-state index in [0.29, 0.717) is 12.8 Å². The van der Waals surface area contributed by atoms with E-state index in [1.165, 1.54) is 6.92 Å². The van der Waals surface area contributed by atoms with Crippen molar-refractivity contribution >= 4 is 0 Å². The Bertz CT molecular complexity index is 132. The molecule has 3 nitrogen and oxygen atoms in total. The van der Waals surface area contributed by atoms with Gasteiger partial charge in [-0.15, -0.1) is 0 Å². The Morgan fingerprint density at radius 2 is 2.18 bits per heavy atom. The fourth-order valence-electron chi connectivity index (χ4n) is 1.34. The summed E-state index contributed by atoms with van der Waals surface area (Å²) in [4.78, 5) is 0. The molecule has 0 aromatic rings. The van der Waals surface area contributed by atoms with Crippen LogP contribution in [0.5, 0.6) is 0 Å². The van der Waals surface area contributed by atoms with Crippen LogP contribution in [0.3, 0.4) is 0 Å². The number of halogens is 1. The van der Waals surface area contributed by atoms with Crippen LogP contribution >= 0.6 is 0 Å². The molecule has 0 aliphatic carbocycles. The van der Waals surface area contributed by atoms with Crippen LogP contribution in [0, 0.1) is 5.92 Å². The zero-order valence-electron chi connectivity index (χ0n) is 6.57. The summed E-state index contributed by atoms with van der Waals surface area (Å²) in [6, 6.07) is 0. The van der Waals surface area contributed by atoms with Gasteiger partial charge in [0.05, 0.1) is 0 Å². The molecule has 0 amide bonds. The largest absolute Gasteiger partial charge is 0.376 e. The van der Waals surface area contributed by atoms with E-state index >= 15 is 0 Å². The van der Waals surface area contributed by atoms with Gasteiger partial charge in [-0.2, -0.15) is 5.06 Å². The number of hydrogen-bond acceptors (Lipinski definition) is 3. The smallest absolute Gasteiger partial charge is 0.129 e. The van der Waals surface area contributed by atoms with Gasteiger partial charge in [-0.1, -0.05) is 0 Å². The zero-order valence-corrected chi connectivity index (χ0v) is 6.57. The fraction of sp³-hybridized carbons (Fsp3) is 1.00. The van der Waals surface area contributed by atoms with Gasteiger partial charge in [0.15, 0.2) is 0 Å². The summed E-state index contributed by atoms with van der Waals surface area (Å²) in [6.07, 6.45) is -0.604. The van der Waals surface area contributed by atoms with E-state index in [0.717, 1.165) is 5.06 Å². The number of hydrogen-bond donors (Lipinski definition) is 2. The Morgan fingerprint density at radius 3 is 2.64 bits per heavy atom. The third kappa shape index (κ3) is 2.12. The van der Waals surface area contributed by atoms with Crippen molar-refractivity contribution in [3.63, 3.8) is 0 Å². The molecule has 0 radical (unpaired) electrons. The van der Waals surface area contributed by atoms with Gasteiger partial charge in [-0.25, -0.2) is 4.39 Å². The molecular formula is C7H14FNO2. The first-order valence-electron chi connectivity index (χ1n) is 3.89. The maximum atomic E-state index is 12.7. The number of rotatable bonds is 1. The van der Waals surface area contributed by atoms with Crippen molar-refractivity contribution in [1.29, 1.82) is 0 Å². The first-order chi connectivity index (χ1) is 5.11. The Balaban J connectivity index is 2.40. The van der Waals surface area contributed by atoms with Crippen molar-refractivity contribution < 1.29 is 14.7 Å². The summed E-state index contributed by atoms with van der Waals surface area (Å²) in [6.45, 7) is 1.72. The lowest BCUT2D eigenvalue weighted by Crippen LogP contribution is -2.43. The van der Waals surface area contributed by atoms with Crippen molar-refractivity contribution in [3.8, 4) is 0 Å². The Hall–Kier alpha value is -0.190. The van der Waals surface area contributed by atoms with Gasteiger partial charge in [0.1, 0.15) is 12.4 Å². The minimum Gasteiger partial charge on any atom is -0.376 e. The Kier molecular flexibility index (Phi) is 2.81. The van der Waals surface area contributed by atoms with E-state index in [1.807, 2.05) is 0 Å². The second-order valence-electron chi connectivity index (χ2n) is 3.12. The van der Waals surface area contributed by atoms with Crippen LogP contribution in [0.1, 0.15) is 19.8 Å². The van der Waals surface area contributed by atoms with Crippen LogP contribution in [-0.2, 0) is 0 Å². The highest BCUT2D eigenvalue weighted by Gasteiger charge is 2.28. The molecule has 1 saturated heterocycles. The van der Waals surface area contributed by atoms with E-state index < -0.39 is 12.4 Å². The molecule has 11 heavy (non-hydrogen) atoms. The number of aliphatic hydroxyl groups is 1. The van der Waals surface area contributed by atoms with Crippen LogP contribution < -0.4 is 0 Å². The van der Waals surface area contributed by atoms with E-state index in [-0.39, 0.29) is 12.5 Å². The SMILES string of the molecule is CC(F)[C@H]1CCC(O)N(O)C1. The van der Waals surface area contributed by atoms with Gasteiger partial charge in [-0.05, 0) is 19.8 Å². The second kappa shape index (κ2) is 3.47. The maximum Gasteiger partial charge on any atom is 0.129 e. The molecule has 1 rings (SSSR count). The van der Waals surface area contributed by atoms with Gasteiger partial charge in [0.2, 0.25) is 0 Å². The van der Waals surface area contributed by atoms with E-state index in [1.54, 1.807) is 0 Å². The molecule has 1 aliphatic heterocycles. The summed E-state index contributed by atoms with van der Waals surface area (Å²) in [7, 11) is 0. The number of piperidine rings is 1. The Morgan fingerprint density at radius 1 is 1.55 bits per heavy atom. The predicted molar refractivity (Wildman–Crippen MR) is 37.8 cm³/mol. The average Bonchev–Trinajstić information content (AvgIpc) is 1.94. The lowest BCUT2D eigenvalue weighted by molar-refractivity contribution is -0.224. The number of hydroxylamine groups is 2. The third-order valence-electron chi connectivity index (χ3n) is 2.21. The van der Waals surface area contributed by atoms with Crippen LogP contribution in [0.25, 0.3) is 0 Å². The summed E-state index contributed by atoms with van der Waals surface area (Å²) in [5, 5.41) is 18.9. The molecule has 3 atom stereocenters. The molecule has 0 aromatic carbocycles. The van der Waals surface area contributed by atoms with Crippen molar-refractivity contribution in [1.82, 2.24) is 5.06 Å². The summed E-state index contributed by atoms with van der Waals surface area (Å²) >= 11 is 0. The molecule has 0 aromatic heterocycles. The standard InChI is InChI=1S/C7H14FNO2/c1-5(8)6-2-3-7(10)9(11)4-6/h5-7,10-11H,2-4H2,1H3/t5?,6-,7?/m0/s1. The van der Waals surface area contributed by atoms with Gasteiger partial charge in [-0.3, -0.25) is 0 Å². The monoisotopic (exact) mass is 163 g/mol. The Labute approximate surface area is 65.4 Å². The first kappa shape index (κ1) is 8.90. The quantitative estimate of drug-likeness (QED) is 0.600. The number of alkyl halides is 1. The van der Waals surface area contributed by atoms with Crippen molar-refractivity contribution in [2.24, 2.45) is 5.92 Å². The summed E-state index contributed by atoms with van der Waals surface area (Å²) < 4.78 is 12.7. The van der Waals surface area contributed by atoms with E-state index in [4.69, 9.17) is 10.3 Å². The highest BCUT2D eigenvalue weighted by atomic mass is 19.1. The normalized spacial score (nSPS) is 37.1. The van der Waals surface area contributed by atoms with Gasteiger partial charge in [0.25, 0.3) is 0 Å². The lowest BCUT2D eigenvalue weighted by Gasteiger charge is -2.32. The van der Waals surface area contributed by atoms with Gasteiger partial charge in [0, 0.05) is 12.5 Å². The minimum atomic E-state index is -0.905. The van der Waals surface area contributed by atoms with Crippen LogP contribution in [0.4, 0.5) is 4.39 Å². The molecular weight excluding hydrogens is 149 g/mol. The van der Waals surface area contributed by atoms with E-state index in [9.17, 15) is 4.39 Å². The molecule has 1 heterocycles. The number of nitrogens with zero attached hydrogens (tertiary/aromatic N) is 1. The lowest BCUT2D eigenvalue weighted by atomic mass is 9.94. The fourth-order valence-corrected chi connectivity index (χ4v) is 1.34.